The average molecular weight is 567 g/mol. The summed E-state index contributed by atoms with van der Waals surface area (Å²) in [6, 6.07) is 11.9. The molecular formula is C30H30N8O2S. The van der Waals surface area contributed by atoms with Gasteiger partial charge in [-0.1, -0.05) is 30.3 Å². The van der Waals surface area contributed by atoms with E-state index in [0.717, 1.165) is 39.2 Å². The van der Waals surface area contributed by atoms with Gasteiger partial charge in [0, 0.05) is 62.7 Å². The van der Waals surface area contributed by atoms with Crippen LogP contribution in [0.1, 0.15) is 31.4 Å². The average Bonchev–Trinajstić information content (AvgIpc) is 3.57. The fourth-order valence-corrected chi connectivity index (χ4v) is 6.06. The van der Waals surface area contributed by atoms with Crippen molar-refractivity contribution in [3.63, 3.8) is 0 Å². The van der Waals surface area contributed by atoms with Crippen LogP contribution in [0.2, 0.25) is 0 Å². The van der Waals surface area contributed by atoms with Crippen LogP contribution in [-0.4, -0.2) is 73.9 Å². The van der Waals surface area contributed by atoms with Crippen LogP contribution in [0.3, 0.4) is 0 Å². The highest BCUT2D eigenvalue weighted by Crippen LogP contribution is 2.34. The Kier molecular flexibility index (Phi) is 7.43. The molecule has 10 nitrogen and oxygen atoms in total. The molecular weight excluding hydrogens is 536 g/mol. The van der Waals surface area contributed by atoms with Gasteiger partial charge in [-0.3, -0.25) is 14.6 Å². The number of pyridine rings is 1. The largest absolute Gasteiger partial charge is 0.352 e. The van der Waals surface area contributed by atoms with Crippen LogP contribution in [0.4, 0.5) is 5.82 Å². The number of carbonyl (C=O) groups is 2. The molecule has 0 radical (unpaired) electrons. The Morgan fingerprint density at radius 3 is 2.49 bits per heavy atom. The normalized spacial score (nSPS) is 13.5. The van der Waals surface area contributed by atoms with E-state index in [-0.39, 0.29) is 17.5 Å². The minimum atomic E-state index is -0.249. The maximum absolute atomic E-state index is 14.0. The van der Waals surface area contributed by atoms with Crippen molar-refractivity contribution in [1.29, 1.82) is 0 Å². The molecule has 0 bridgehead atoms. The number of aromatic nitrogens is 5. The first-order chi connectivity index (χ1) is 20.0. The predicted molar refractivity (Wildman–Crippen MR) is 159 cm³/mol. The maximum atomic E-state index is 14.0. The van der Waals surface area contributed by atoms with Crippen LogP contribution in [0.5, 0.6) is 0 Å². The molecule has 2 amide bonds. The summed E-state index contributed by atoms with van der Waals surface area (Å²) in [6.07, 6.45) is 7.42. The summed E-state index contributed by atoms with van der Waals surface area (Å²) in [6.45, 7) is 4.82. The molecule has 0 unspecified atom stereocenters. The highest BCUT2D eigenvalue weighted by Gasteiger charge is 2.29. The molecule has 1 N–H and O–H groups in total. The molecule has 0 aliphatic carbocycles. The number of piperazine rings is 1. The number of carbonyl (C=O) groups excluding carboxylic acids is 2. The quantitative estimate of drug-likeness (QED) is 0.320. The Morgan fingerprint density at radius 2 is 1.78 bits per heavy atom. The summed E-state index contributed by atoms with van der Waals surface area (Å²) in [7, 11) is 1.98. The van der Waals surface area contributed by atoms with Crippen molar-refractivity contribution in [2.75, 3.05) is 37.6 Å². The van der Waals surface area contributed by atoms with Gasteiger partial charge in [0.25, 0.3) is 11.8 Å². The van der Waals surface area contributed by atoms with Gasteiger partial charge < -0.3 is 19.7 Å². The first kappa shape index (κ1) is 26.6. The Hall–Kier alpha value is -4.64. The highest BCUT2D eigenvalue weighted by atomic mass is 32.1. The van der Waals surface area contributed by atoms with E-state index in [1.807, 2.05) is 60.8 Å². The topological polar surface area (TPSA) is 109 Å². The van der Waals surface area contributed by atoms with Gasteiger partial charge in [0.05, 0.1) is 46.6 Å². The van der Waals surface area contributed by atoms with Crippen LogP contribution < -0.4 is 10.2 Å². The molecule has 11 heteroatoms. The lowest BCUT2D eigenvalue weighted by molar-refractivity contribution is 0.0748. The third-order valence-electron chi connectivity index (χ3n) is 7.51. The van der Waals surface area contributed by atoms with Crippen LogP contribution in [0, 0.1) is 6.92 Å². The van der Waals surface area contributed by atoms with E-state index in [2.05, 4.69) is 34.7 Å². The molecule has 1 saturated heterocycles. The molecule has 4 aromatic heterocycles. The highest BCUT2D eigenvalue weighted by molar-refractivity contribution is 7.09. The zero-order chi connectivity index (χ0) is 28.3. The molecule has 1 fully saturated rings. The van der Waals surface area contributed by atoms with Gasteiger partial charge in [0.15, 0.2) is 0 Å². The fraction of sp³-hybridized carbons (Fsp3) is 0.267. The maximum Gasteiger partial charge on any atom is 0.271 e. The molecule has 0 saturated carbocycles. The van der Waals surface area contributed by atoms with Crippen molar-refractivity contribution in [1.82, 2.24) is 34.7 Å². The summed E-state index contributed by atoms with van der Waals surface area (Å²) in [4.78, 5) is 49.0. The van der Waals surface area contributed by atoms with Gasteiger partial charge in [0.2, 0.25) is 0 Å². The predicted octanol–water partition coefficient (Wildman–Crippen LogP) is 3.73. The Labute approximate surface area is 241 Å². The van der Waals surface area contributed by atoms with Gasteiger partial charge in [-0.25, -0.2) is 15.0 Å². The smallest absolute Gasteiger partial charge is 0.271 e. The molecule has 1 aliphatic heterocycles. The number of fused-ring (bicyclic) bond motifs is 1. The van der Waals surface area contributed by atoms with Crippen molar-refractivity contribution in [3.05, 3.63) is 88.5 Å². The lowest BCUT2D eigenvalue weighted by Gasteiger charge is -2.35. The summed E-state index contributed by atoms with van der Waals surface area (Å²) in [5.74, 6) is 0.447. The zero-order valence-electron chi connectivity index (χ0n) is 22.9. The minimum absolute atomic E-state index is 0.00642. The molecule has 0 spiro atoms. The number of benzene rings is 1. The van der Waals surface area contributed by atoms with Gasteiger partial charge in [-0.2, -0.15) is 0 Å². The lowest BCUT2D eigenvalue weighted by atomic mass is 10.0. The van der Waals surface area contributed by atoms with E-state index in [9.17, 15) is 9.59 Å². The Balaban J connectivity index is 1.11. The fourth-order valence-electron chi connectivity index (χ4n) is 5.28. The number of anilines is 1. The molecule has 5 heterocycles. The Bertz CT molecular complexity index is 1690. The number of nitrogens with one attached hydrogen (secondary N) is 1. The summed E-state index contributed by atoms with van der Waals surface area (Å²) in [5.41, 5.74) is 6.60. The van der Waals surface area contributed by atoms with Crippen molar-refractivity contribution >= 4 is 39.9 Å². The van der Waals surface area contributed by atoms with Gasteiger partial charge >= 0.3 is 0 Å². The first-order valence-electron chi connectivity index (χ1n) is 13.5. The van der Waals surface area contributed by atoms with Crippen molar-refractivity contribution in [2.24, 2.45) is 7.05 Å². The Morgan fingerprint density at radius 1 is 0.976 bits per heavy atom. The summed E-state index contributed by atoms with van der Waals surface area (Å²) < 4.78 is 2.05. The molecule has 41 heavy (non-hydrogen) atoms. The second kappa shape index (κ2) is 11.5. The SMILES string of the molecule is Cc1ncsc1CCNC(=O)c1cnc(N2CCN(C(=O)c3c(-c4ccccc4)n(C)c4cnccc34)CC2)cn1. The van der Waals surface area contributed by atoms with Crippen LogP contribution in [0.25, 0.3) is 22.2 Å². The van der Waals surface area contributed by atoms with E-state index < -0.39 is 0 Å². The van der Waals surface area contributed by atoms with Gasteiger partial charge in [-0.15, -0.1) is 11.3 Å². The second-order valence-electron chi connectivity index (χ2n) is 9.95. The monoisotopic (exact) mass is 566 g/mol. The number of hydrogen-bond acceptors (Lipinski definition) is 8. The zero-order valence-corrected chi connectivity index (χ0v) is 23.8. The molecule has 208 valence electrons. The van der Waals surface area contributed by atoms with Crippen LogP contribution in [-0.2, 0) is 13.5 Å². The van der Waals surface area contributed by atoms with Gasteiger partial charge in [0.1, 0.15) is 11.5 Å². The van der Waals surface area contributed by atoms with Crippen molar-refractivity contribution < 1.29 is 9.59 Å². The molecule has 5 aromatic rings. The first-order valence-corrected chi connectivity index (χ1v) is 14.4. The van der Waals surface area contributed by atoms with E-state index in [1.54, 1.807) is 29.9 Å². The molecule has 1 aliphatic rings. The summed E-state index contributed by atoms with van der Waals surface area (Å²) >= 11 is 1.59. The third kappa shape index (κ3) is 5.28. The standard InChI is InChI=1S/C30H30N8O2S/c1-20-25(41-19-35-20)9-11-32-29(39)23-16-34-26(18-33-23)37-12-14-38(15-13-37)30(40)27-22-8-10-31-17-24(22)36(2)28(27)21-6-4-3-5-7-21/h3-8,10,16-19H,9,11-15H2,1-2H3,(H,32,39). The number of amides is 2. The van der Waals surface area contributed by atoms with Crippen LogP contribution >= 0.6 is 11.3 Å². The van der Waals surface area contributed by atoms with Crippen molar-refractivity contribution in [3.8, 4) is 11.3 Å². The van der Waals surface area contributed by atoms with Crippen molar-refractivity contribution in [2.45, 2.75) is 13.3 Å². The van der Waals surface area contributed by atoms with Crippen LogP contribution in [0.15, 0.2) is 66.7 Å². The minimum Gasteiger partial charge on any atom is -0.352 e. The second-order valence-corrected chi connectivity index (χ2v) is 10.9. The number of rotatable bonds is 7. The van der Waals surface area contributed by atoms with E-state index >= 15 is 0 Å². The summed E-state index contributed by atoms with van der Waals surface area (Å²) in [5, 5.41) is 3.80. The van der Waals surface area contributed by atoms with Gasteiger partial charge in [-0.05, 0) is 18.6 Å². The van der Waals surface area contributed by atoms with E-state index in [4.69, 9.17) is 0 Å². The van der Waals surface area contributed by atoms with E-state index in [0.29, 0.717) is 44.1 Å². The number of aryl methyl sites for hydroxylation is 2. The number of nitrogens with zero attached hydrogens (tertiary/aromatic N) is 7. The number of thiazole rings is 1. The molecule has 6 rings (SSSR count). The van der Waals surface area contributed by atoms with E-state index in [1.165, 1.54) is 6.20 Å². The molecule has 0 atom stereocenters. The number of hydrogen-bond donors (Lipinski definition) is 1. The molecule has 1 aromatic carbocycles. The third-order valence-corrected chi connectivity index (χ3v) is 8.50. The lowest BCUT2D eigenvalue weighted by Crippen LogP contribution is -2.49.